The van der Waals surface area contributed by atoms with Gasteiger partial charge in [0.25, 0.3) is 0 Å². The maximum Gasteiger partial charge on any atom is 0.335 e. The van der Waals surface area contributed by atoms with Gasteiger partial charge in [0.05, 0.1) is 11.9 Å². The number of nitrogens with one attached hydrogen (secondary N) is 1. The molecule has 8 unspecified atom stereocenters. The van der Waals surface area contributed by atoms with Crippen LogP contribution in [-0.4, -0.2) is 47.8 Å². The van der Waals surface area contributed by atoms with Crippen LogP contribution in [0.2, 0.25) is 0 Å². The van der Waals surface area contributed by atoms with Crippen molar-refractivity contribution in [1.29, 1.82) is 0 Å². The van der Waals surface area contributed by atoms with E-state index < -0.39 is 5.60 Å². The smallest absolute Gasteiger partial charge is 0.335 e. The molecule has 0 radical (unpaired) electrons. The zero-order valence-corrected chi connectivity index (χ0v) is 20.5. The Labute approximate surface area is 198 Å². The van der Waals surface area contributed by atoms with Crippen molar-refractivity contribution in [3.8, 4) is 0 Å². The van der Waals surface area contributed by atoms with Gasteiger partial charge in [-0.3, -0.25) is 4.90 Å². The number of aliphatic hydroxyl groups is 1. The fourth-order valence-corrected chi connectivity index (χ4v) is 9.68. The molecular formula is C28H42N2O3. The topological polar surface area (TPSA) is 65.7 Å². The van der Waals surface area contributed by atoms with E-state index in [4.69, 9.17) is 4.42 Å². The summed E-state index contributed by atoms with van der Waals surface area (Å²) < 4.78 is 5.24. The summed E-state index contributed by atoms with van der Waals surface area (Å²) in [5.41, 5.74) is 0.462. The van der Waals surface area contributed by atoms with Gasteiger partial charge in [0.2, 0.25) is 0 Å². The van der Waals surface area contributed by atoms with Crippen LogP contribution in [0.3, 0.4) is 0 Å². The third-order valence-electron chi connectivity index (χ3n) is 11.6. The van der Waals surface area contributed by atoms with E-state index in [1.807, 2.05) is 6.07 Å². The number of fused-ring (bicyclic) bond motifs is 5. The Morgan fingerprint density at radius 2 is 1.82 bits per heavy atom. The molecule has 4 saturated carbocycles. The van der Waals surface area contributed by atoms with Gasteiger partial charge in [-0.15, -0.1) is 0 Å². The first kappa shape index (κ1) is 22.3. The quantitative estimate of drug-likeness (QED) is 0.703. The normalized spacial score (nSPS) is 48.0. The fourth-order valence-electron chi connectivity index (χ4n) is 9.68. The van der Waals surface area contributed by atoms with E-state index in [2.05, 4.69) is 24.1 Å². The molecule has 0 aromatic carbocycles. The van der Waals surface area contributed by atoms with E-state index in [0.717, 1.165) is 49.9 Å². The Morgan fingerprint density at radius 1 is 1.00 bits per heavy atom. The minimum atomic E-state index is -0.597. The maximum atomic E-state index is 12.4. The van der Waals surface area contributed by atoms with Gasteiger partial charge in [0, 0.05) is 43.7 Å². The summed E-state index contributed by atoms with van der Waals surface area (Å²) in [5.74, 6) is 2.14. The van der Waals surface area contributed by atoms with Crippen molar-refractivity contribution >= 4 is 0 Å². The summed E-state index contributed by atoms with van der Waals surface area (Å²) in [6.45, 7) is 9.62. The molecule has 5 nitrogen and oxygen atoms in total. The molecule has 4 aliphatic carbocycles. The minimum Gasteiger partial charge on any atom is -0.431 e. The lowest BCUT2D eigenvalue weighted by Crippen LogP contribution is -2.62. The number of hydrogen-bond acceptors (Lipinski definition) is 5. The molecule has 1 aromatic heterocycles. The zero-order valence-electron chi connectivity index (χ0n) is 20.5. The lowest BCUT2D eigenvalue weighted by molar-refractivity contribution is -0.204. The minimum absolute atomic E-state index is 0.130. The van der Waals surface area contributed by atoms with Crippen molar-refractivity contribution in [2.45, 2.75) is 89.2 Å². The van der Waals surface area contributed by atoms with Crippen molar-refractivity contribution in [3.05, 3.63) is 34.4 Å². The van der Waals surface area contributed by atoms with Gasteiger partial charge in [-0.25, -0.2) is 4.79 Å². The van der Waals surface area contributed by atoms with Crippen molar-refractivity contribution < 1.29 is 9.52 Å². The lowest BCUT2D eigenvalue weighted by Gasteiger charge is -2.64. The highest BCUT2D eigenvalue weighted by atomic mass is 16.4. The molecule has 1 saturated heterocycles. The molecule has 33 heavy (non-hydrogen) atoms. The molecule has 0 spiro atoms. The second kappa shape index (κ2) is 7.93. The summed E-state index contributed by atoms with van der Waals surface area (Å²) in [5, 5.41) is 15.9. The molecule has 5 aliphatic rings. The molecule has 0 bridgehead atoms. The predicted octanol–water partition coefficient (Wildman–Crippen LogP) is 4.15. The van der Waals surface area contributed by atoms with Crippen LogP contribution in [0.4, 0.5) is 0 Å². The molecular weight excluding hydrogens is 412 g/mol. The van der Waals surface area contributed by atoms with E-state index >= 15 is 0 Å². The molecule has 2 heterocycles. The number of rotatable bonds is 2. The summed E-state index contributed by atoms with van der Waals surface area (Å²) in [6, 6.07) is 4.25. The first-order valence-electron chi connectivity index (χ1n) is 13.6. The third-order valence-corrected chi connectivity index (χ3v) is 11.6. The van der Waals surface area contributed by atoms with E-state index in [0.29, 0.717) is 17.3 Å². The summed E-state index contributed by atoms with van der Waals surface area (Å²) in [7, 11) is 0. The molecule has 1 aliphatic heterocycles. The van der Waals surface area contributed by atoms with Crippen molar-refractivity contribution in [1.82, 2.24) is 10.2 Å². The molecule has 5 heteroatoms. The molecule has 2 N–H and O–H groups in total. The van der Waals surface area contributed by atoms with E-state index in [-0.39, 0.29) is 17.0 Å². The Morgan fingerprint density at radius 3 is 2.58 bits per heavy atom. The van der Waals surface area contributed by atoms with Crippen molar-refractivity contribution in [2.24, 2.45) is 28.6 Å². The SMILES string of the molecule is CC12CCC(N3CCNCC3)CC1CCC1C2CCC2(C)C(c3ccc(=O)oc3)CCC12O. The van der Waals surface area contributed by atoms with E-state index in [1.54, 1.807) is 12.3 Å². The van der Waals surface area contributed by atoms with Gasteiger partial charge in [-0.05, 0) is 98.5 Å². The molecule has 6 rings (SSSR count). The summed E-state index contributed by atoms with van der Waals surface area (Å²) in [6.07, 6.45) is 12.3. The summed E-state index contributed by atoms with van der Waals surface area (Å²) >= 11 is 0. The Balaban J connectivity index is 1.24. The monoisotopic (exact) mass is 454 g/mol. The van der Waals surface area contributed by atoms with Gasteiger partial charge >= 0.3 is 5.63 Å². The van der Waals surface area contributed by atoms with Crippen LogP contribution in [0, 0.1) is 28.6 Å². The van der Waals surface area contributed by atoms with Crippen LogP contribution in [0.1, 0.15) is 83.1 Å². The van der Waals surface area contributed by atoms with Gasteiger partial charge in [0.1, 0.15) is 0 Å². The second-order valence-electron chi connectivity index (χ2n) is 12.6. The summed E-state index contributed by atoms with van der Waals surface area (Å²) in [4.78, 5) is 14.3. The highest BCUT2D eigenvalue weighted by Gasteiger charge is 2.67. The molecule has 182 valence electrons. The standard InChI is InChI=1S/C28H42N2O3/c1-26-10-7-21(30-15-13-29-14-16-30)17-20(26)4-5-24-23(26)8-11-27(2)22(9-12-28(24,27)32)19-3-6-25(31)33-18-19/h3,6,18,20-24,29,32H,4-5,7-17H2,1-2H3. The Kier molecular flexibility index (Phi) is 5.36. The largest absolute Gasteiger partial charge is 0.431 e. The predicted molar refractivity (Wildman–Crippen MR) is 129 cm³/mol. The van der Waals surface area contributed by atoms with Crippen molar-refractivity contribution in [3.63, 3.8) is 0 Å². The van der Waals surface area contributed by atoms with Gasteiger partial charge in [-0.1, -0.05) is 13.8 Å². The van der Waals surface area contributed by atoms with Crippen LogP contribution in [0.15, 0.2) is 27.6 Å². The number of piperazine rings is 1. The number of nitrogens with zero attached hydrogens (tertiary/aromatic N) is 1. The fraction of sp³-hybridized carbons (Fsp3) is 0.821. The lowest BCUT2D eigenvalue weighted by atomic mass is 9.43. The van der Waals surface area contributed by atoms with Gasteiger partial charge in [0.15, 0.2) is 0 Å². The zero-order chi connectivity index (χ0) is 22.8. The van der Waals surface area contributed by atoms with Crippen LogP contribution in [-0.2, 0) is 0 Å². The van der Waals surface area contributed by atoms with Gasteiger partial charge < -0.3 is 14.8 Å². The Hall–Kier alpha value is -1.17. The highest BCUT2D eigenvalue weighted by molar-refractivity contribution is 5.27. The maximum absolute atomic E-state index is 12.4. The van der Waals surface area contributed by atoms with Crippen molar-refractivity contribution in [2.75, 3.05) is 26.2 Å². The first-order chi connectivity index (χ1) is 15.8. The Bertz CT molecular complexity index is 921. The van der Waals surface area contributed by atoms with Crippen LogP contribution in [0.5, 0.6) is 0 Å². The molecule has 0 amide bonds. The highest BCUT2D eigenvalue weighted by Crippen LogP contribution is 2.70. The van der Waals surface area contributed by atoms with Gasteiger partial charge in [-0.2, -0.15) is 0 Å². The third kappa shape index (κ3) is 3.25. The molecule has 8 atom stereocenters. The van der Waals surface area contributed by atoms with Crippen LogP contribution in [0.25, 0.3) is 0 Å². The first-order valence-corrected chi connectivity index (χ1v) is 13.6. The molecule has 1 aromatic rings. The second-order valence-corrected chi connectivity index (χ2v) is 12.6. The van der Waals surface area contributed by atoms with Crippen LogP contribution < -0.4 is 10.9 Å². The van der Waals surface area contributed by atoms with E-state index in [1.165, 1.54) is 51.6 Å². The van der Waals surface area contributed by atoms with Crippen LogP contribution >= 0.6 is 0 Å². The average molecular weight is 455 g/mol. The number of hydrogen-bond donors (Lipinski definition) is 2. The molecule has 5 fully saturated rings. The average Bonchev–Trinajstić information content (AvgIpc) is 3.11. The van der Waals surface area contributed by atoms with E-state index in [9.17, 15) is 9.90 Å².